The Morgan fingerprint density at radius 2 is 1.58 bits per heavy atom. The topological polar surface area (TPSA) is 15.3 Å². The summed E-state index contributed by atoms with van der Waals surface area (Å²) in [6.45, 7) is 18.6. The van der Waals surface area contributed by atoms with E-state index < -0.39 is 0 Å². The Kier molecular flexibility index (Phi) is 11.7. The van der Waals surface area contributed by atoms with Gasteiger partial charge in [0.15, 0.2) is 0 Å². The quantitative estimate of drug-likeness (QED) is 0.573. The Hall–Kier alpha value is -0.0800. The van der Waals surface area contributed by atoms with Crippen molar-refractivity contribution in [1.29, 1.82) is 0 Å². The van der Waals surface area contributed by atoms with Gasteiger partial charge in [0.25, 0.3) is 0 Å². The predicted molar refractivity (Wildman–Crippen MR) is 87.7 cm³/mol. The van der Waals surface area contributed by atoms with Crippen LogP contribution in [0.3, 0.4) is 0 Å². The highest BCUT2D eigenvalue weighted by Crippen LogP contribution is 2.09. The number of nitrogens with one attached hydrogen (secondary N) is 1. The molecule has 0 aliphatic heterocycles. The van der Waals surface area contributed by atoms with Gasteiger partial charge in [0.05, 0.1) is 0 Å². The monoisotopic (exact) mass is 270 g/mol. The van der Waals surface area contributed by atoms with Crippen LogP contribution in [0.15, 0.2) is 0 Å². The van der Waals surface area contributed by atoms with Crippen molar-refractivity contribution in [2.24, 2.45) is 11.8 Å². The molecule has 0 fully saturated rings. The van der Waals surface area contributed by atoms with Crippen LogP contribution < -0.4 is 5.32 Å². The molecule has 0 aromatic rings. The van der Waals surface area contributed by atoms with E-state index in [-0.39, 0.29) is 0 Å². The molecule has 0 amide bonds. The Labute approximate surface area is 122 Å². The van der Waals surface area contributed by atoms with Crippen LogP contribution in [-0.4, -0.2) is 37.1 Å². The molecule has 1 unspecified atom stereocenters. The molecule has 0 saturated carbocycles. The Bertz CT molecular complexity index is 188. The minimum Gasteiger partial charge on any atom is -0.313 e. The lowest BCUT2D eigenvalue weighted by atomic mass is 10.0. The van der Waals surface area contributed by atoms with Gasteiger partial charge in [-0.3, -0.25) is 0 Å². The molecule has 1 N–H and O–H groups in total. The first-order valence-electron chi connectivity index (χ1n) is 8.49. The third-order valence-electron chi connectivity index (χ3n) is 4.22. The SMILES string of the molecule is CCC(CC)CN(CC)CCNC(C)CCC(C)C. The van der Waals surface area contributed by atoms with Crippen LogP contribution in [0.2, 0.25) is 0 Å². The second-order valence-corrected chi connectivity index (χ2v) is 6.40. The van der Waals surface area contributed by atoms with Gasteiger partial charge in [-0.1, -0.05) is 47.5 Å². The summed E-state index contributed by atoms with van der Waals surface area (Å²) in [4.78, 5) is 2.60. The number of nitrogens with zero attached hydrogens (tertiary/aromatic N) is 1. The number of likely N-dealkylation sites (N-methyl/N-ethyl adjacent to an activating group) is 1. The van der Waals surface area contributed by atoms with Crippen molar-refractivity contribution >= 4 is 0 Å². The molecule has 0 aromatic heterocycles. The molecule has 0 aliphatic carbocycles. The van der Waals surface area contributed by atoms with E-state index in [4.69, 9.17) is 0 Å². The van der Waals surface area contributed by atoms with Crippen molar-refractivity contribution < 1.29 is 0 Å². The molecule has 2 nitrogen and oxygen atoms in total. The molecule has 1 atom stereocenters. The molecule has 19 heavy (non-hydrogen) atoms. The zero-order valence-corrected chi connectivity index (χ0v) is 14.3. The van der Waals surface area contributed by atoms with Crippen molar-refractivity contribution in [2.75, 3.05) is 26.2 Å². The van der Waals surface area contributed by atoms with E-state index in [9.17, 15) is 0 Å². The van der Waals surface area contributed by atoms with Gasteiger partial charge in [0.1, 0.15) is 0 Å². The Balaban J connectivity index is 3.76. The van der Waals surface area contributed by atoms with Gasteiger partial charge in [0, 0.05) is 25.7 Å². The molecule has 2 heteroatoms. The maximum Gasteiger partial charge on any atom is 0.0107 e. The molecule has 0 saturated heterocycles. The third kappa shape index (κ3) is 10.4. The van der Waals surface area contributed by atoms with Crippen LogP contribution >= 0.6 is 0 Å². The summed E-state index contributed by atoms with van der Waals surface area (Å²) in [5.74, 6) is 1.70. The van der Waals surface area contributed by atoms with E-state index in [1.54, 1.807) is 0 Å². The standard InChI is InChI=1S/C17H38N2/c1-7-17(8-2)14-19(9-3)13-12-18-16(6)11-10-15(4)5/h15-18H,7-14H2,1-6H3. The van der Waals surface area contributed by atoms with Gasteiger partial charge in [0.2, 0.25) is 0 Å². The van der Waals surface area contributed by atoms with Crippen LogP contribution in [0, 0.1) is 11.8 Å². The van der Waals surface area contributed by atoms with Crippen LogP contribution in [0.25, 0.3) is 0 Å². The van der Waals surface area contributed by atoms with Crippen LogP contribution in [0.5, 0.6) is 0 Å². The van der Waals surface area contributed by atoms with Gasteiger partial charge >= 0.3 is 0 Å². The highest BCUT2D eigenvalue weighted by molar-refractivity contribution is 4.67. The normalized spacial score (nSPS) is 13.7. The Morgan fingerprint density at radius 3 is 2.05 bits per heavy atom. The first kappa shape index (κ1) is 18.9. The fourth-order valence-electron chi connectivity index (χ4n) is 2.44. The zero-order chi connectivity index (χ0) is 14.7. The number of rotatable bonds is 12. The average molecular weight is 271 g/mol. The van der Waals surface area contributed by atoms with Crippen LogP contribution in [0.1, 0.15) is 67.2 Å². The van der Waals surface area contributed by atoms with Gasteiger partial charge in [-0.05, 0) is 38.1 Å². The summed E-state index contributed by atoms with van der Waals surface area (Å²) in [7, 11) is 0. The molecule has 0 heterocycles. The predicted octanol–water partition coefficient (Wildman–Crippen LogP) is 4.16. The molecule has 0 aliphatic rings. The lowest BCUT2D eigenvalue weighted by Gasteiger charge is -2.26. The van der Waals surface area contributed by atoms with Crippen LogP contribution in [0.4, 0.5) is 0 Å². The van der Waals surface area contributed by atoms with Gasteiger partial charge in [-0.25, -0.2) is 0 Å². The molecule has 0 spiro atoms. The van der Waals surface area contributed by atoms with Crippen molar-refractivity contribution in [3.63, 3.8) is 0 Å². The smallest absolute Gasteiger partial charge is 0.0107 e. The largest absolute Gasteiger partial charge is 0.313 e. The second-order valence-electron chi connectivity index (χ2n) is 6.40. The lowest BCUT2D eigenvalue weighted by Crippen LogP contribution is -2.38. The summed E-state index contributed by atoms with van der Waals surface area (Å²) in [5.41, 5.74) is 0. The molecule has 0 aromatic carbocycles. The molecular weight excluding hydrogens is 232 g/mol. The minimum absolute atomic E-state index is 0.661. The highest BCUT2D eigenvalue weighted by atomic mass is 15.1. The molecule has 0 rings (SSSR count). The molecule has 116 valence electrons. The zero-order valence-electron chi connectivity index (χ0n) is 14.3. The van der Waals surface area contributed by atoms with Crippen molar-refractivity contribution in [3.8, 4) is 0 Å². The van der Waals surface area contributed by atoms with E-state index in [2.05, 4.69) is 51.8 Å². The van der Waals surface area contributed by atoms with E-state index in [0.29, 0.717) is 6.04 Å². The maximum atomic E-state index is 3.67. The van der Waals surface area contributed by atoms with E-state index in [0.717, 1.165) is 18.4 Å². The summed E-state index contributed by atoms with van der Waals surface area (Å²) in [6, 6.07) is 0.661. The van der Waals surface area contributed by atoms with Crippen molar-refractivity contribution in [3.05, 3.63) is 0 Å². The first-order chi connectivity index (χ1) is 9.03. The fourth-order valence-corrected chi connectivity index (χ4v) is 2.44. The van der Waals surface area contributed by atoms with Gasteiger partial charge < -0.3 is 10.2 Å². The summed E-state index contributed by atoms with van der Waals surface area (Å²) < 4.78 is 0. The van der Waals surface area contributed by atoms with Crippen molar-refractivity contribution in [1.82, 2.24) is 10.2 Å². The third-order valence-corrected chi connectivity index (χ3v) is 4.22. The van der Waals surface area contributed by atoms with E-state index >= 15 is 0 Å². The summed E-state index contributed by atoms with van der Waals surface area (Å²) >= 11 is 0. The number of hydrogen-bond donors (Lipinski definition) is 1. The highest BCUT2D eigenvalue weighted by Gasteiger charge is 2.10. The van der Waals surface area contributed by atoms with E-state index in [1.165, 1.54) is 45.3 Å². The van der Waals surface area contributed by atoms with Crippen LogP contribution in [-0.2, 0) is 0 Å². The average Bonchev–Trinajstić information content (AvgIpc) is 2.40. The van der Waals surface area contributed by atoms with Gasteiger partial charge in [-0.2, -0.15) is 0 Å². The molecular formula is C17H38N2. The summed E-state index contributed by atoms with van der Waals surface area (Å²) in [5, 5.41) is 3.67. The lowest BCUT2D eigenvalue weighted by molar-refractivity contribution is 0.230. The fraction of sp³-hybridized carbons (Fsp3) is 1.00. The van der Waals surface area contributed by atoms with E-state index in [1.807, 2.05) is 0 Å². The summed E-state index contributed by atoms with van der Waals surface area (Å²) in [6.07, 6.45) is 5.26. The van der Waals surface area contributed by atoms with Gasteiger partial charge in [-0.15, -0.1) is 0 Å². The first-order valence-corrected chi connectivity index (χ1v) is 8.49. The van der Waals surface area contributed by atoms with Crippen molar-refractivity contribution in [2.45, 2.75) is 73.3 Å². The minimum atomic E-state index is 0.661. The number of hydrogen-bond acceptors (Lipinski definition) is 2. The molecule has 0 radical (unpaired) electrons. The maximum absolute atomic E-state index is 3.67. The Morgan fingerprint density at radius 1 is 0.947 bits per heavy atom. The molecule has 0 bridgehead atoms. The second kappa shape index (κ2) is 11.7.